The van der Waals surface area contributed by atoms with Crippen LogP contribution in [0.3, 0.4) is 0 Å². The largest absolute Gasteiger partial charge is 0.492 e. The Morgan fingerprint density at radius 1 is 1.08 bits per heavy atom. The number of benzene rings is 2. The summed E-state index contributed by atoms with van der Waals surface area (Å²) in [6.45, 7) is 6.27. The molecule has 3 aromatic rings. The van der Waals surface area contributed by atoms with E-state index in [1.54, 1.807) is 4.90 Å². The van der Waals surface area contributed by atoms with Crippen LogP contribution in [0, 0.1) is 5.92 Å². The van der Waals surface area contributed by atoms with Crippen LogP contribution in [0.1, 0.15) is 24.2 Å². The summed E-state index contributed by atoms with van der Waals surface area (Å²) in [5.74, 6) is 1.37. The Hall–Kier alpha value is -2.75. The van der Waals surface area contributed by atoms with Crippen LogP contribution in [-0.4, -0.2) is 35.6 Å². The van der Waals surface area contributed by atoms with Crippen molar-refractivity contribution in [2.24, 2.45) is 5.92 Å². The van der Waals surface area contributed by atoms with E-state index in [1.807, 2.05) is 61.8 Å². The van der Waals surface area contributed by atoms with Gasteiger partial charge in [0.2, 0.25) is 0 Å². The third kappa shape index (κ3) is 4.07. The molecule has 0 N–H and O–H groups in total. The van der Waals surface area contributed by atoms with Crippen molar-refractivity contribution in [3.8, 4) is 5.75 Å². The molecule has 26 heavy (non-hydrogen) atoms. The number of fused-ring (bicyclic) bond motifs is 1. The maximum atomic E-state index is 13.0. The molecule has 0 aliphatic carbocycles. The van der Waals surface area contributed by atoms with Crippen molar-refractivity contribution in [2.75, 3.05) is 20.2 Å². The van der Waals surface area contributed by atoms with Gasteiger partial charge in [-0.1, -0.05) is 50.2 Å². The number of amides is 1. The smallest absolute Gasteiger partial charge is 0.255 e. The van der Waals surface area contributed by atoms with Crippen molar-refractivity contribution in [2.45, 2.75) is 20.4 Å². The quantitative estimate of drug-likeness (QED) is 0.631. The summed E-state index contributed by atoms with van der Waals surface area (Å²) in [5.41, 5.74) is 1.86. The fraction of sp³-hybridized carbons (Fsp3) is 0.318. The van der Waals surface area contributed by atoms with Gasteiger partial charge >= 0.3 is 0 Å². The highest BCUT2D eigenvalue weighted by atomic mass is 16.5. The molecule has 0 unspecified atom stereocenters. The average Bonchev–Trinajstić information content (AvgIpc) is 3.00. The Morgan fingerprint density at radius 3 is 2.50 bits per heavy atom. The summed E-state index contributed by atoms with van der Waals surface area (Å²) in [4.78, 5) is 14.7. The Kier molecular flexibility index (Phi) is 5.61. The van der Waals surface area contributed by atoms with Crippen LogP contribution >= 0.6 is 0 Å². The Morgan fingerprint density at radius 2 is 1.77 bits per heavy atom. The van der Waals surface area contributed by atoms with E-state index in [4.69, 9.17) is 4.74 Å². The molecular weight excluding hydrogens is 324 g/mol. The number of ether oxygens (including phenoxy) is 1. The van der Waals surface area contributed by atoms with Gasteiger partial charge in [-0.05, 0) is 24.1 Å². The lowest BCUT2D eigenvalue weighted by Crippen LogP contribution is -2.30. The van der Waals surface area contributed by atoms with Gasteiger partial charge in [0.25, 0.3) is 5.91 Å². The number of rotatable bonds is 7. The number of hydrogen-bond donors (Lipinski definition) is 0. The summed E-state index contributed by atoms with van der Waals surface area (Å²) < 4.78 is 7.89. The minimum Gasteiger partial charge on any atom is -0.492 e. The van der Waals surface area contributed by atoms with E-state index < -0.39 is 0 Å². The highest BCUT2D eigenvalue weighted by Gasteiger charge is 2.18. The third-order valence-corrected chi connectivity index (χ3v) is 4.37. The molecule has 0 radical (unpaired) electrons. The van der Waals surface area contributed by atoms with Gasteiger partial charge < -0.3 is 14.2 Å². The molecule has 0 saturated carbocycles. The number of para-hydroxylation sites is 2. The van der Waals surface area contributed by atoms with Crippen molar-refractivity contribution >= 4 is 16.8 Å². The molecule has 0 spiro atoms. The minimum atomic E-state index is 0.0281. The Labute approximate surface area is 155 Å². The maximum absolute atomic E-state index is 13.0. The molecule has 2 aromatic carbocycles. The van der Waals surface area contributed by atoms with E-state index in [0.717, 1.165) is 28.8 Å². The number of nitrogens with zero attached hydrogens (tertiary/aromatic N) is 2. The third-order valence-electron chi connectivity index (χ3n) is 4.37. The molecule has 4 nitrogen and oxygen atoms in total. The zero-order chi connectivity index (χ0) is 18.5. The van der Waals surface area contributed by atoms with Crippen molar-refractivity contribution in [1.82, 2.24) is 9.47 Å². The lowest BCUT2D eigenvalue weighted by molar-refractivity contribution is 0.0775. The van der Waals surface area contributed by atoms with Gasteiger partial charge in [-0.2, -0.15) is 0 Å². The van der Waals surface area contributed by atoms with Gasteiger partial charge in [0.1, 0.15) is 12.4 Å². The molecule has 0 aliphatic heterocycles. The van der Waals surface area contributed by atoms with Crippen LogP contribution in [0.4, 0.5) is 0 Å². The molecule has 3 rings (SSSR count). The van der Waals surface area contributed by atoms with E-state index in [1.165, 1.54) is 0 Å². The van der Waals surface area contributed by atoms with Gasteiger partial charge in [-0.25, -0.2) is 0 Å². The van der Waals surface area contributed by atoms with Crippen LogP contribution in [0.2, 0.25) is 0 Å². The van der Waals surface area contributed by atoms with Gasteiger partial charge in [0.05, 0.1) is 12.1 Å². The zero-order valence-corrected chi connectivity index (χ0v) is 15.7. The van der Waals surface area contributed by atoms with Crippen molar-refractivity contribution in [1.29, 1.82) is 0 Å². The standard InChI is InChI=1S/C22H26N2O2/c1-17(2)15-24-16-20(19-11-7-8-12-21(19)24)22(25)23(3)13-14-26-18-9-5-4-6-10-18/h4-12,16-17H,13-15H2,1-3H3. The van der Waals surface area contributed by atoms with E-state index in [2.05, 4.69) is 24.5 Å². The first-order valence-corrected chi connectivity index (χ1v) is 9.07. The summed E-state index contributed by atoms with van der Waals surface area (Å²) in [6.07, 6.45) is 1.99. The van der Waals surface area contributed by atoms with Gasteiger partial charge in [-0.3, -0.25) is 4.79 Å². The fourth-order valence-corrected chi connectivity index (χ4v) is 3.09. The molecule has 4 heteroatoms. The first-order valence-electron chi connectivity index (χ1n) is 9.07. The normalized spacial score (nSPS) is 11.1. The Balaban J connectivity index is 1.72. The SMILES string of the molecule is CC(C)Cn1cc(C(=O)N(C)CCOc2ccccc2)c2ccccc21. The number of carbonyl (C=O) groups excluding carboxylic acids is 1. The van der Waals surface area contributed by atoms with Gasteiger partial charge in [-0.15, -0.1) is 0 Å². The van der Waals surface area contributed by atoms with Crippen LogP contribution in [-0.2, 0) is 6.54 Å². The number of carbonyl (C=O) groups is 1. The Bertz CT molecular complexity index is 868. The topological polar surface area (TPSA) is 34.5 Å². The second-order valence-electron chi connectivity index (χ2n) is 6.99. The van der Waals surface area contributed by atoms with E-state index >= 15 is 0 Å². The molecule has 1 amide bonds. The van der Waals surface area contributed by atoms with Crippen molar-refractivity contribution in [3.63, 3.8) is 0 Å². The van der Waals surface area contributed by atoms with Crippen LogP contribution < -0.4 is 4.74 Å². The summed E-state index contributed by atoms with van der Waals surface area (Å²) >= 11 is 0. The van der Waals surface area contributed by atoms with E-state index in [0.29, 0.717) is 19.1 Å². The maximum Gasteiger partial charge on any atom is 0.255 e. The molecule has 136 valence electrons. The molecule has 1 heterocycles. The van der Waals surface area contributed by atoms with Crippen molar-refractivity contribution < 1.29 is 9.53 Å². The van der Waals surface area contributed by atoms with Gasteiger partial charge in [0, 0.05) is 30.7 Å². The van der Waals surface area contributed by atoms with Gasteiger partial charge in [0.15, 0.2) is 0 Å². The predicted octanol–water partition coefficient (Wildman–Crippen LogP) is 4.45. The molecular formula is C22H26N2O2. The molecule has 0 atom stereocenters. The number of aromatic nitrogens is 1. The first-order chi connectivity index (χ1) is 12.6. The first kappa shape index (κ1) is 18.1. The highest BCUT2D eigenvalue weighted by Crippen LogP contribution is 2.23. The number of likely N-dealkylation sites (N-methyl/N-ethyl adjacent to an activating group) is 1. The fourth-order valence-electron chi connectivity index (χ4n) is 3.09. The van der Waals surface area contributed by atoms with E-state index in [9.17, 15) is 4.79 Å². The minimum absolute atomic E-state index is 0.0281. The summed E-state index contributed by atoms with van der Waals surface area (Å²) in [5, 5.41) is 1.01. The highest BCUT2D eigenvalue weighted by molar-refractivity contribution is 6.06. The second kappa shape index (κ2) is 8.09. The lowest BCUT2D eigenvalue weighted by Gasteiger charge is -2.17. The van der Waals surface area contributed by atoms with Crippen molar-refractivity contribution in [3.05, 3.63) is 66.4 Å². The monoisotopic (exact) mass is 350 g/mol. The van der Waals surface area contributed by atoms with E-state index in [-0.39, 0.29) is 5.91 Å². The predicted molar refractivity (Wildman–Crippen MR) is 106 cm³/mol. The average molecular weight is 350 g/mol. The lowest BCUT2D eigenvalue weighted by atomic mass is 10.1. The number of hydrogen-bond acceptors (Lipinski definition) is 2. The summed E-state index contributed by atoms with van der Waals surface area (Å²) in [6, 6.07) is 17.8. The van der Waals surface area contributed by atoms with Crippen LogP contribution in [0.25, 0.3) is 10.9 Å². The van der Waals surface area contributed by atoms with Crippen LogP contribution in [0.15, 0.2) is 60.8 Å². The molecule has 0 aliphatic rings. The molecule has 0 saturated heterocycles. The van der Waals surface area contributed by atoms with Crippen LogP contribution in [0.5, 0.6) is 5.75 Å². The molecule has 0 bridgehead atoms. The second-order valence-corrected chi connectivity index (χ2v) is 6.99. The zero-order valence-electron chi connectivity index (χ0n) is 15.7. The molecule has 1 aromatic heterocycles. The summed E-state index contributed by atoms with van der Waals surface area (Å²) in [7, 11) is 1.82. The molecule has 0 fully saturated rings.